The van der Waals surface area contributed by atoms with E-state index < -0.39 is 0 Å². The summed E-state index contributed by atoms with van der Waals surface area (Å²) in [6.45, 7) is 6.80. The summed E-state index contributed by atoms with van der Waals surface area (Å²) in [6.07, 6.45) is 3.66. The highest BCUT2D eigenvalue weighted by atomic mass is 16.5. The Morgan fingerprint density at radius 2 is 2.10 bits per heavy atom. The van der Waals surface area contributed by atoms with Crippen molar-refractivity contribution in [1.82, 2.24) is 10.2 Å². The number of nitrogens with zero attached hydrogens (tertiary/aromatic N) is 1. The molecule has 2 rings (SSSR count). The number of hydrogen-bond donors (Lipinski definition) is 1. The Morgan fingerprint density at radius 3 is 2.76 bits per heavy atom. The summed E-state index contributed by atoms with van der Waals surface area (Å²) in [6, 6.07) is 7.02. The first kappa shape index (κ1) is 16.3. The molecule has 1 aromatic carbocycles. The first-order chi connectivity index (χ1) is 9.91. The van der Waals surface area contributed by atoms with Gasteiger partial charge in [-0.25, -0.2) is 0 Å². The van der Waals surface area contributed by atoms with Crippen LogP contribution in [-0.2, 0) is 6.42 Å². The Morgan fingerprint density at radius 1 is 1.33 bits per heavy atom. The van der Waals surface area contributed by atoms with Crippen molar-refractivity contribution in [2.75, 3.05) is 34.3 Å². The Balaban J connectivity index is 2.03. The van der Waals surface area contributed by atoms with Crippen molar-refractivity contribution in [2.24, 2.45) is 5.41 Å². The van der Waals surface area contributed by atoms with Gasteiger partial charge in [-0.1, -0.05) is 19.9 Å². The van der Waals surface area contributed by atoms with Crippen LogP contribution in [-0.4, -0.2) is 39.2 Å². The summed E-state index contributed by atoms with van der Waals surface area (Å²) in [5.41, 5.74) is 3.19. The summed E-state index contributed by atoms with van der Waals surface area (Å²) < 4.78 is 5.35. The highest BCUT2D eigenvalue weighted by Gasteiger charge is 2.24. The van der Waals surface area contributed by atoms with E-state index in [4.69, 9.17) is 4.74 Å². The summed E-state index contributed by atoms with van der Waals surface area (Å²) in [5.74, 6) is 0.974. The van der Waals surface area contributed by atoms with Gasteiger partial charge in [0.1, 0.15) is 5.75 Å². The van der Waals surface area contributed by atoms with Crippen LogP contribution in [0, 0.1) is 5.41 Å². The van der Waals surface area contributed by atoms with Gasteiger partial charge in [0.25, 0.3) is 0 Å². The molecular formula is C18H30N2O. The number of rotatable bonds is 6. The van der Waals surface area contributed by atoms with Gasteiger partial charge in [0.05, 0.1) is 7.11 Å². The lowest BCUT2D eigenvalue weighted by atomic mass is 9.86. The molecule has 1 aromatic rings. The normalized spacial score (nSPS) is 18.7. The average molecular weight is 290 g/mol. The molecule has 1 unspecified atom stereocenters. The minimum Gasteiger partial charge on any atom is -0.497 e. The number of benzene rings is 1. The van der Waals surface area contributed by atoms with Crippen LogP contribution < -0.4 is 10.1 Å². The minimum absolute atomic E-state index is 0.285. The Bertz CT molecular complexity index is 468. The van der Waals surface area contributed by atoms with E-state index in [0.717, 1.165) is 18.8 Å². The van der Waals surface area contributed by atoms with Crippen LogP contribution in [0.3, 0.4) is 0 Å². The molecule has 3 heteroatoms. The number of nitrogens with one attached hydrogen (secondary N) is 1. The number of aryl methyl sites for hydroxylation is 1. The van der Waals surface area contributed by atoms with E-state index in [0.29, 0.717) is 6.04 Å². The van der Waals surface area contributed by atoms with E-state index >= 15 is 0 Å². The van der Waals surface area contributed by atoms with Crippen LogP contribution in [0.25, 0.3) is 0 Å². The Hall–Kier alpha value is -1.06. The maximum absolute atomic E-state index is 5.35. The fourth-order valence-corrected chi connectivity index (χ4v) is 3.44. The van der Waals surface area contributed by atoms with Crippen molar-refractivity contribution in [3.63, 3.8) is 0 Å². The number of hydrogen-bond acceptors (Lipinski definition) is 3. The molecule has 0 heterocycles. The van der Waals surface area contributed by atoms with Crippen LogP contribution in [0.1, 0.15) is 43.9 Å². The quantitative estimate of drug-likeness (QED) is 0.870. The van der Waals surface area contributed by atoms with Gasteiger partial charge in [0, 0.05) is 19.1 Å². The molecule has 0 fully saturated rings. The number of ether oxygens (including phenoxy) is 1. The van der Waals surface area contributed by atoms with E-state index in [2.05, 4.69) is 56.4 Å². The second-order valence-corrected chi connectivity index (χ2v) is 7.29. The van der Waals surface area contributed by atoms with Crippen molar-refractivity contribution in [2.45, 2.75) is 39.2 Å². The lowest BCUT2D eigenvalue weighted by Crippen LogP contribution is -2.39. The van der Waals surface area contributed by atoms with Gasteiger partial charge in [-0.2, -0.15) is 0 Å². The van der Waals surface area contributed by atoms with E-state index in [1.165, 1.54) is 30.4 Å². The van der Waals surface area contributed by atoms with Gasteiger partial charge in [-0.05, 0) is 62.0 Å². The molecule has 0 bridgehead atoms. The van der Waals surface area contributed by atoms with Gasteiger partial charge in [-0.15, -0.1) is 0 Å². The van der Waals surface area contributed by atoms with Crippen molar-refractivity contribution < 1.29 is 4.74 Å². The summed E-state index contributed by atoms with van der Waals surface area (Å²) in [7, 11) is 6.03. The fourth-order valence-electron chi connectivity index (χ4n) is 3.44. The maximum atomic E-state index is 5.35. The molecule has 0 aliphatic heterocycles. The Labute approximate surface area is 129 Å². The van der Waals surface area contributed by atoms with Crippen LogP contribution in [0.4, 0.5) is 0 Å². The molecule has 0 saturated carbocycles. The molecule has 0 amide bonds. The third kappa shape index (κ3) is 4.45. The first-order valence-electron chi connectivity index (χ1n) is 7.96. The third-order valence-electron chi connectivity index (χ3n) is 4.24. The van der Waals surface area contributed by atoms with Crippen molar-refractivity contribution >= 4 is 0 Å². The summed E-state index contributed by atoms with van der Waals surface area (Å²) in [5, 5.41) is 3.79. The first-order valence-corrected chi connectivity index (χ1v) is 7.96. The molecule has 21 heavy (non-hydrogen) atoms. The third-order valence-corrected chi connectivity index (χ3v) is 4.24. The SMILES string of the molecule is COc1ccc2c(c1)CCCC2NCC(C)(C)CN(C)C. The van der Waals surface area contributed by atoms with Crippen LogP contribution in [0.15, 0.2) is 18.2 Å². The second-order valence-electron chi connectivity index (χ2n) is 7.29. The predicted molar refractivity (Wildman–Crippen MR) is 89.0 cm³/mol. The van der Waals surface area contributed by atoms with Crippen molar-refractivity contribution in [1.29, 1.82) is 0 Å². The van der Waals surface area contributed by atoms with Crippen LogP contribution >= 0.6 is 0 Å². The minimum atomic E-state index is 0.285. The largest absolute Gasteiger partial charge is 0.497 e. The zero-order chi connectivity index (χ0) is 15.5. The fraction of sp³-hybridized carbons (Fsp3) is 0.667. The molecular weight excluding hydrogens is 260 g/mol. The van der Waals surface area contributed by atoms with Gasteiger partial charge >= 0.3 is 0 Å². The summed E-state index contributed by atoms with van der Waals surface area (Å²) in [4.78, 5) is 2.27. The number of fused-ring (bicyclic) bond motifs is 1. The standard InChI is InChI=1S/C18H30N2O/c1-18(2,13-20(3)4)12-19-17-8-6-7-14-11-15(21-5)9-10-16(14)17/h9-11,17,19H,6-8,12-13H2,1-5H3. The van der Waals surface area contributed by atoms with Gasteiger partial charge in [-0.3, -0.25) is 0 Å². The zero-order valence-corrected chi connectivity index (χ0v) is 14.2. The summed E-state index contributed by atoms with van der Waals surface area (Å²) >= 11 is 0. The van der Waals surface area contributed by atoms with Gasteiger partial charge in [0.15, 0.2) is 0 Å². The Kier molecular flexibility index (Phi) is 5.28. The van der Waals surface area contributed by atoms with Crippen molar-refractivity contribution in [3.8, 4) is 5.75 Å². The highest BCUT2D eigenvalue weighted by Crippen LogP contribution is 2.32. The lowest BCUT2D eigenvalue weighted by Gasteiger charge is -2.33. The molecule has 1 atom stereocenters. The molecule has 1 N–H and O–H groups in total. The van der Waals surface area contributed by atoms with Crippen molar-refractivity contribution in [3.05, 3.63) is 29.3 Å². The molecule has 1 aliphatic rings. The molecule has 1 aliphatic carbocycles. The van der Waals surface area contributed by atoms with Crippen LogP contribution in [0.2, 0.25) is 0 Å². The molecule has 3 nitrogen and oxygen atoms in total. The maximum Gasteiger partial charge on any atom is 0.119 e. The van der Waals surface area contributed by atoms with Crippen LogP contribution in [0.5, 0.6) is 5.75 Å². The van der Waals surface area contributed by atoms with E-state index in [9.17, 15) is 0 Å². The highest BCUT2D eigenvalue weighted by molar-refractivity contribution is 5.39. The molecule has 0 radical (unpaired) electrons. The predicted octanol–water partition coefficient (Wildman–Crippen LogP) is 3.25. The molecule has 0 spiro atoms. The molecule has 0 aromatic heterocycles. The van der Waals surface area contributed by atoms with E-state index in [-0.39, 0.29) is 5.41 Å². The zero-order valence-electron chi connectivity index (χ0n) is 14.2. The van der Waals surface area contributed by atoms with Gasteiger partial charge < -0.3 is 15.0 Å². The lowest BCUT2D eigenvalue weighted by molar-refractivity contribution is 0.222. The molecule has 0 saturated heterocycles. The second kappa shape index (κ2) is 6.80. The number of methoxy groups -OCH3 is 1. The smallest absolute Gasteiger partial charge is 0.119 e. The van der Waals surface area contributed by atoms with E-state index in [1.807, 2.05) is 0 Å². The van der Waals surface area contributed by atoms with E-state index in [1.54, 1.807) is 7.11 Å². The topological polar surface area (TPSA) is 24.5 Å². The monoisotopic (exact) mass is 290 g/mol. The van der Waals surface area contributed by atoms with Gasteiger partial charge in [0.2, 0.25) is 0 Å². The average Bonchev–Trinajstić information content (AvgIpc) is 2.43. The molecule has 118 valence electrons.